The Balaban J connectivity index is 1.63. The third-order valence-electron chi connectivity index (χ3n) is 3.17. The molecule has 1 aromatic heterocycles. The van der Waals surface area contributed by atoms with Crippen LogP contribution >= 0.6 is 22.9 Å². The van der Waals surface area contributed by atoms with Gasteiger partial charge in [0.15, 0.2) is 0 Å². The van der Waals surface area contributed by atoms with E-state index in [2.05, 4.69) is 10.3 Å². The van der Waals surface area contributed by atoms with E-state index in [1.165, 1.54) is 23.5 Å². The van der Waals surface area contributed by atoms with Crippen LogP contribution in [-0.4, -0.2) is 10.9 Å². The van der Waals surface area contributed by atoms with Gasteiger partial charge in [-0.3, -0.25) is 4.79 Å². The van der Waals surface area contributed by atoms with Crippen LogP contribution in [0.4, 0.5) is 10.1 Å². The van der Waals surface area contributed by atoms with E-state index in [0.29, 0.717) is 17.9 Å². The molecule has 0 fully saturated rings. The van der Waals surface area contributed by atoms with E-state index in [1.807, 2.05) is 5.38 Å². The van der Waals surface area contributed by atoms with Crippen LogP contribution in [0.3, 0.4) is 0 Å². The Morgan fingerprint density at radius 1 is 1.25 bits per heavy atom. The first-order chi connectivity index (χ1) is 11.6. The summed E-state index contributed by atoms with van der Waals surface area (Å²) in [4.78, 5) is 16.3. The second-order valence-electron chi connectivity index (χ2n) is 4.87. The minimum Gasteiger partial charge on any atom is -0.487 e. The van der Waals surface area contributed by atoms with Crippen molar-refractivity contribution in [2.24, 2.45) is 0 Å². The van der Waals surface area contributed by atoms with Gasteiger partial charge in [-0.1, -0.05) is 11.6 Å². The summed E-state index contributed by atoms with van der Waals surface area (Å²) in [6, 6.07) is 10.7. The molecule has 2 aromatic carbocycles. The zero-order valence-electron chi connectivity index (χ0n) is 12.3. The van der Waals surface area contributed by atoms with Crippen molar-refractivity contribution < 1.29 is 13.9 Å². The average molecular weight is 363 g/mol. The van der Waals surface area contributed by atoms with Crippen molar-refractivity contribution in [2.75, 3.05) is 5.32 Å². The number of rotatable bonds is 5. The summed E-state index contributed by atoms with van der Waals surface area (Å²) in [5.41, 5.74) is 3.06. The molecule has 0 spiro atoms. The summed E-state index contributed by atoms with van der Waals surface area (Å²) >= 11 is 7.19. The summed E-state index contributed by atoms with van der Waals surface area (Å²) in [5.74, 6) is -0.376. The Bertz CT molecular complexity index is 838. The standard InChI is InChI=1S/C17H12ClFN2O2S/c18-12-3-6-16(15(19)7-12)21-17(22)11-1-4-14(5-2-11)23-8-13-9-24-10-20-13/h1-7,9-10H,8H2,(H,21,22). The van der Waals surface area contributed by atoms with Crippen molar-refractivity contribution in [3.8, 4) is 5.75 Å². The molecule has 3 aromatic rings. The van der Waals surface area contributed by atoms with Crippen LogP contribution in [-0.2, 0) is 6.61 Å². The lowest BCUT2D eigenvalue weighted by molar-refractivity contribution is 0.102. The maximum atomic E-state index is 13.7. The maximum absolute atomic E-state index is 13.7. The van der Waals surface area contributed by atoms with Gasteiger partial charge in [0.05, 0.1) is 16.9 Å². The van der Waals surface area contributed by atoms with Crippen molar-refractivity contribution in [1.82, 2.24) is 4.98 Å². The zero-order valence-corrected chi connectivity index (χ0v) is 13.9. The van der Waals surface area contributed by atoms with Crippen LogP contribution in [0.15, 0.2) is 53.4 Å². The molecule has 122 valence electrons. The van der Waals surface area contributed by atoms with Crippen molar-refractivity contribution in [1.29, 1.82) is 0 Å². The van der Waals surface area contributed by atoms with Crippen LogP contribution in [0.25, 0.3) is 0 Å². The van der Waals surface area contributed by atoms with Crippen LogP contribution in [0, 0.1) is 5.82 Å². The van der Waals surface area contributed by atoms with E-state index >= 15 is 0 Å². The van der Waals surface area contributed by atoms with Crippen LogP contribution < -0.4 is 10.1 Å². The molecule has 3 rings (SSSR count). The van der Waals surface area contributed by atoms with Crippen LogP contribution in [0.5, 0.6) is 5.75 Å². The van der Waals surface area contributed by atoms with E-state index in [0.717, 1.165) is 11.8 Å². The number of carbonyl (C=O) groups excluding carboxylic acids is 1. The molecule has 0 aliphatic heterocycles. The smallest absolute Gasteiger partial charge is 0.255 e. The number of ether oxygens (including phenoxy) is 1. The van der Waals surface area contributed by atoms with Gasteiger partial charge in [0.2, 0.25) is 0 Å². The molecule has 0 radical (unpaired) electrons. The fourth-order valence-electron chi connectivity index (χ4n) is 1.95. The quantitative estimate of drug-likeness (QED) is 0.711. The molecule has 0 atom stereocenters. The van der Waals surface area contributed by atoms with Gasteiger partial charge in [0, 0.05) is 16.0 Å². The molecule has 1 heterocycles. The highest BCUT2D eigenvalue weighted by atomic mass is 35.5. The van der Waals surface area contributed by atoms with Gasteiger partial charge < -0.3 is 10.1 Å². The first-order valence-electron chi connectivity index (χ1n) is 6.98. The van der Waals surface area contributed by atoms with Crippen LogP contribution in [0.1, 0.15) is 16.1 Å². The third-order valence-corrected chi connectivity index (χ3v) is 4.04. The lowest BCUT2D eigenvalue weighted by atomic mass is 10.2. The summed E-state index contributed by atoms with van der Waals surface area (Å²) in [6.07, 6.45) is 0. The Labute approximate surface area is 146 Å². The number of amides is 1. The topological polar surface area (TPSA) is 51.2 Å². The Morgan fingerprint density at radius 3 is 2.71 bits per heavy atom. The molecule has 1 amide bonds. The lowest BCUT2D eigenvalue weighted by Crippen LogP contribution is -2.12. The molecule has 7 heteroatoms. The summed E-state index contributed by atoms with van der Waals surface area (Å²) < 4.78 is 19.3. The Hall–Kier alpha value is -2.44. The fraction of sp³-hybridized carbons (Fsp3) is 0.0588. The summed E-state index contributed by atoms with van der Waals surface area (Å²) in [7, 11) is 0. The SMILES string of the molecule is O=C(Nc1ccc(Cl)cc1F)c1ccc(OCc2cscn2)cc1. The minimum atomic E-state index is -0.584. The number of nitrogens with zero attached hydrogens (tertiary/aromatic N) is 1. The monoisotopic (exact) mass is 362 g/mol. The first-order valence-corrected chi connectivity index (χ1v) is 8.30. The summed E-state index contributed by atoms with van der Waals surface area (Å²) in [5, 5.41) is 4.68. The van der Waals surface area contributed by atoms with Gasteiger partial charge in [-0.05, 0) is 42.5 Å². The number of carbonyl (C=O) groups is 1. The van der Waals surface area contributed by atoms with E-state index in [-0.39, 0.29) is 10.7 Å². The number of halogens is 2. The van der Waals surface area contributed by atoms with E-state index in [9.17, 15) is 9.18 Å². The van der Waals surface area contributed by atoms with Crippen molar-refractivity contribution >= 4 is 34.5 Å². The molecule has 4 nitrogen and oxygen atoms in total. The first kappa shape index (κ1) is 16.4. The molecule has 0 aliphatic carbocycles. The number of nitrogens with one attached hydrogen (secondary N) is 1. The van der Waals surface area contributed by atoms with E-state index in [4.69, 9.17) is 16.3 Å². The van der Waals surface area contributed by atoms with Crippen molar-refractivity contribution in [2.45, 2.75) is 6.61 Å². The predicted molar refractivity (Wildman–Crippen MR) is 92.3 cm³/mol. The highest BCUT2D eigenvalue weighted by Crippen LogP contribution is 2.20. The third kappa shape index (κ3) is 4.10. The largest absolute Gasteiger partial charge is 0.487 e. The number of benzene rings is 2. The van der Waals surface area contributed by atoms with Gasteiger partial charge in [0.25, 0.3) is 5.91 Å². The normalized spacial score (nSPS) is 10.4. The number of hydrogen-bond acceptors (Lipinski definition) is 4. The Kier molecular flexibility index (Phi) is 5.08. The van der Waals surface area contributed by atoms with Gasteiger partial charge in [-0.25, -0.2) is 9.37 Å². The molecule has 0 unspecified atom stereocenters. The van der Waals surface area contributed by atoms with Crippen molar-refractivity contribution in [3.63, 3.8) is 0 Å². The van der Waals surface area contributed by atoms with Crippen molar-refractivity contribution in [3.05, 3.63) is 75.5 Å². The molecule has 24 heavy (non-hydrogen) atoms. The molecule has 0 aliphatic rings. The van der Waals surface area contributed by atoms with Gasteiger partial charge in [-0.15, -0.1) is 11.3 Å². The van der Waals surface area contributed by atoms with E-state index < -0.39 is 11.7 Å². The minimum absolute atomic E-state index is 0.0771. The number of hydrogen-bond donors (Lipinski definition) is 1. The highest BCUT2D eigenvalue weighted by Gasteiger charge is 2.10. The number of anilines is 1. The number of aromatic nitrogens is 1. The zero-order chi connectivity index (χ0) is 16.9. The molecule has 1 N–H and O–H groups in total. The lowest BCUT2D eigenvalue weighted by Gasteiger charge is -2.08. The molecule has 0 bridgehead atoms. The number of thiazole rings is 1. The molecular weight excluding hydrogens is 351 g/mol. The molecule has 0 saturated carbocycles. The maximum Gasteiger partial charge on any atom is 0.255 e. The molecular formula is C17H12ClFN2O2S. The highest BCUT2D eigenvalue weighted by molar-refractivity contribution is 7.07. The Morgan fingerprint density at radius 2 is 2.04 bits per heavy atom. The van der Waals surface area contributed by atoms with Gasteiger partial charge >= 0.3 is 0 Å². The van der Waals surface area contributed by atoms with Gasteiger partial charge in [0.1, 0.15) is 18.2 Å². The summed E-state index contributed by atoms with van der Waals surface area (Å²) in [6.45, 7) is 0.366. The molecule has 0 saturated heterocycles. The predicted octanol–water partition coefficient (Wildman–Crippen LogP) is 4.77. The second-order valence-corrected chi connectivity index (χ2v) is 6.03. The fourth-order valence-corrected chi connectivity index (χ4v) is 2.66. The second kappa shape index (κ2) is 7.42. The average Bonchev–Trinajstić information content (AvgIpc) is 3.09. The van der Waals surface area contributed by atoms with Crippen LogP contribution in [0.2, 0.25) is 5.02 Å². The van der Waals surface area contributed by atoms with Gasteiger partial charge in [-0.2, -0.15) is 0 Å². The van der Waals surface area contributed by atoms with E-state index in [1.54, 1.807) is 29.8 Å².